The number of hydrogen-bond donors (Lipinski definition) is 2. The van der Waals surface area contributed by atoms with E-state index in [-0.39, 0.29) is 37.8 Å². The Bertz CT molecular complexity index is 1070. The average molecular weight is 527 g/mol. The van der Waals surface area contributed by atoms with Gasteiger partial charge in [0.1, 0.15) is 30.0 Å². The number of unbranched alkanes of at least 4 members (excludes halogenated alkanes) is 1. The Kier molecular flexibility index (Phi) is 11.5. The molecular formula is C29H34O9. The zero-order chi connectivity index (χ0) is 27.3. The Hall–Kier alpha value is -3.53. The molecule has 204 valence electrons. The molecule has 0 radical (unpaired) electrons. The summed E-state index contributed by atoms with van der Waals surface area (Å²) in [6.07, 6.45) is 3.02. The second-order valence-corrected chi connectivity index (χ2v) is 9.01. The molecule has 0 amide bonds. The molecule has 0 bridgehead atoms. The van der Waals surface area contributed by atoms with Gasteiger partial charge in [0.05, 0.1) is 31.5 Å². The minimum Gasteiger partial charge on any atom is -0.491 e. The van der Waals surface area contributed by atoms with Crippen molar-refractivity contribution >= 4 is 17.7 Å². The first kappa shape index (κ1) is 29.0. The van der Waals surface area contributed by atoms with E-state index < -0.39 is 30.2 Å². The third-order valence-corrected chi connectivity index (χ3v) is 6.08. The number of Topliss-reactive ketones (excluding diaryl/α,β-unsaturated/α-hetero) is 1. The van der Waals surface area contributed by atoms with Crippen molar-refractivity contribution in [2.24, 2.45) is 5.92 Å². The average Bonchev–Trinajstić information content (AvgIpc) is 3.20. The highest BCUT2D eigenvalue weighted by Gasteiger charge is 2.41. The quantitative estimate of drug-likeness (QED) is 0.165. The number of allylic oxidation sites excluding steroid dienone is 2. The van der Waals surface area contributed by atoms with E-state index in [0.717, 1.165) is 0 Å². The normalized spacial score (nSPS) is 19.9. The van der Waals surface area contributed by atoms with Gasteiger partial charge in [0.2, 0.25) is 0 Å². The van der Waals surface area contributed by atoms with E-state index in [4.69, 9.17) is 14.2 Å². The van der Waals surface area contributed by atoms with Crippen LogP contribution in [-0.4, -0.2) is 66.6 Å². The summed E-state index contributed by atoms with van der Waals surface area (Å²) < 4.78 is 21.1. The van der Waals surface area contributed by atoms with Crippen LogP contribution >= 0.6 is 0 Å². The van der Waals surface area contributed by atoms with Gasteiger partial charge in [-0.15, -0.1) is 0 Å². The van der Waals surface area contributed by atoms with Crippen LogP contribution in [0.2, 0.25) is 0 Å². The number of esters is 2. The largest absolute Gasteiger partial charge is 0.491 e. The van der Waals surface area contributed by atoms with Crippen LogP contribution in [0.4, 0.5) is 0 Å². The number of rotatable bonds is 14. The molecule has 4 unspecified atom stereocenters. The number of aliphatic hydroxyl groups excluding tert-OH is 2. The molecule has 0 heterocycles. The molecular weight excluding hydrogens is 492 g/mol. The maximum Gasteiger partial charge on any atom is 0.337 e. The van der Waals surface area contributed by atoms with Crippen molar-refractivity contribution in [2.75, 3.05) is 20.3 Å². The highest BCUT2D eigenvalue weighted by molar-refractivity contribution is 5.89. The van der Waals surface area contributed by atoms with Gasteiger partial charge in [0, 0.05) is 18.8 Å². The van der Waals surface area contributed by atoms with Crippen LogP contribution in [-0.2, 0) is 19.1 Å². The lowest BCUT2D eigenvalue weighted by molar-refractivity contribution is -0.134. The number of benzene rings is 2. The molecule has 1 saturated carbocycles. The van der Waals surface area contributed by atoms with Gasteiger partial charge >= 0.3 is 11.9 Å². The van der Waals surface area contributed by atoms with Crippen molar-refractivity contribution in [1.82, 2.24) is 0 Å². The predicted molar refractivity (Wildman–Crippen MR) is 138 cm³/mol. The first-order valence-corrected chi connectivity index (χ1v) is 12.6. The van der Waals surface area contributed by atoms with E-state index in [9.17, 15) is 24.6 Å². The molecule has 0 spiro atoms. The number of carbonyl (C=O) groups excluding carboxylic acids is 3. The van der Waals surface area contributed by atoms with E-state index in [1.54, 1.807) is 12.1 Å². The summed E-state index contributed by atoms with van der Waals surface area (Å²) in [5.41, 5.74) is 0.367. The fourth-order valence-electron chi connectivity index (χ4n) is 4.08. The summed E-state index contributed by atoms with van der Waals surface area (Å²) in [7, 11) is 1.29. The van der Waals surface area contributed by atoms with Gasteiger partial charge in [-0.2, -0.15) is 0 Å². The van der Waals surface area contributed by atoms with Crippen LogP contribution in [0.15, 0.2) is 66.7 Å². The molecule has 9 heteroatoms. The number of aliphatic hydroxyl groups is 2. The maximum atomic E-state index is 12.4. The summed E-state index contributed by atoms with van der Waals surface area (Å²) in [5.74, 6) is -0.452. The van der Waals surface area contributed by atoms with Gasteiger partial charge in [0.15, 0.2) is 0 Å². The second-order valence-electron chi connectivity index (χ2n) is 9.01. The summed E-state index contributed by atoms with van der Waals surface area (Å²) in [6.45, 7) is -0.0256. The number of hydrogen-bond acceptors (Lipinski definition) is 9. The Morgan fingerprint density at radius 3 is 2.47 bits per heavy atom. The van der Waals surface area contributed by atoms with Gasteiger partial charge in [-0.3, -0.25) is 9.59 Å². The van der Waals surface area contributed by atoms with Crippen LogP contribution in [0.5, 0.6) is 11.5 Å². The Morgan fingerprint density at radius 1 is 1.03 bits per heavy atom. The smallest absolute Gasteiger partial charge is 0.337 e. The molecule has 1 fully saturated rings. The minimum atomic E-state index is -0.917. The van der Waals surface area contributed by atoms with Crippen molar-refractivity contribution in [2.45, 2.75) is 50.4 Å². The summed E-state index contributed by atoms with van der Waals surface area (Å²) in [5, 5.41) is 20.4. The first-order chi connectivity index (χ1) is 18.4. The SMILES string of the molecule is COC(=O)c1ccc(OC(=O)CCCC=CCC2C(=O)CC(O)C2OCC(O)COc2ccccc2)cc1. The van der Waals surface area contributed by atoms with Crippen molar-refractivity contribution in [1.29, 1.82) is 0 Å². The van der Waals surface area contributed by atoms with E-state index in [1.165, 1.54) is 31.4 Å². The molecule has 1 aliphatic rings. The molecule has 2 aromatic rings. The molecule has 9 nitrogen and oxygen atoms in total. The van der Waals surface area contributed by atoms with Crippen LogP contribution in [0.3, 0.4) is 0 Å². The lowest BCUT2D eigenvalue weighted by Gasteiger charge is -2.22. The van der Waals surface area contributed by atoms with E-state index in [0.29, 0.717) is 36.3 Å². The lowest BCUT2D eigenvalue weighted by atomic mass is 9.99. The van der Waals surface area contributed by atoms with Gasteiger partial charge in [-0.25, -0.2) is 4.79 Å². The second kappa shape index (κ2) is 15.0. The minimum absolute atomic E-state index is 0.0201. The maximum absolute atomic E-state index is 12.4. The molecule has 0 aliphatic heterocycles. The van der Waals surface area contributed by atoms with Crippen LogP contribution < -0.4 is 9.47 Å². The van der Waals surface area contributed by atoms with Crippen molar-refractivity contribution < 1.29 is 43.5 Å². The van der Waals surface area contributed by atoms with Gasteiger partial charge < -0.3 is 29.2 Å². The first-order valence-electron chi connectivity index (χ1n) is 12.6. The standard InChI is InChI=1S/C29H34O9/c1-35-29(34)20-13-15-23(16-14-20)38-27(33)12-8-3-2-7-11-24-25(31)17-26(32)28(24)37-19-21(30)18-36-22-9-5-4-6-10-22/h2,4-7,9-10,13-16,21,24,26,28,30,32H,3,8,11-12,17-19H2,1H3. The van der Waals surface area contributed by atoms with E-state index in [1.807, 2.05) is 30.4 Å². The molecule has 0 saturated heterocycles. The predicted octanol–water partition coefficient (Wildman–Crippen LogP) is 3.27. The van der Waals surface area contributed by atoms with Crippen molar-refractivity contribution in [3.8, 4) is 11.5 Å². The Morgan fingerprint density at radius 2 is 1.76 bits per heavy atom. The number of ether oxygens (including phenoxy) is 4. The molecule has 1 aliphatic carbocycles. The van der Waals surface area contributed by atoms with Crippen molar-refractivity contribution in [3.05, 3.63) is 72.3 Å². The fraction of sp³-hybridized carbons (Fsp3) is 0.414. The summed E-state index contributed by atoms with van der Waals surface area (Å²) in [6, 6.07) is 15.2. The van der Waals surface area contributed by atoms with Crippen molar-refractivity contribution in [3.63, 3.8) is 0 Å². The molecule has 38 heavy (non-hydrogen) atoms. The third-order valence-electron chi connectivity index (χ3n) is 6.08. The van der Waals surface area contributed by atoms with Gasteiger partial charge in [-0.1, -0.05) is 30.4 Å². The molecule has 4 atom stereocenters. The summed E-state index contributed by atoms with van der Waals surface area (Å²) >= 11 is 0. The molecule has 2 aromatic carbocycles. The monoisotopic (exact) mass is 526 g/mol. The van der Waals surface area contributed by atoms with Crippen LogP contribution in [0.25, 0.3) is 0 Å². The number of para-hydroxylation sites is 1. The summed E-state index contributed by atoms with van der Waals surface area (Å²) in [4.78, 5) is 35.9. The number of methoxy groups -OCH3 is 1. The zero-order valence-corrected chi connectivity index (χ0v) is 21.4. The van der Waals surface area contributed by atoms with E-state index in [2.05, 4.69) is 4.74 Å². The third kappa shape index (κ3) is 9.09. The number of carbonyl (C=O) groups is 3. The molecule has 3 rings (SSSR count). The molecule has 2 N–H and O–H groups in total. The Labute approximate surface area is 222 Å². The van der Waals surface area contributed by atoms with Gasteiger partial charge in [-0.05, 0) is 55.7 Å². The lowest BCUT2D eigenvalue weighted by Crippen LogP contribution is -2.34. The fourth-order valence-corrected chi connectivity index (χ4v) is 4.08. The zero-order valence-electron chi connectivity index (χ0n) is 21.4. The van der Waals surface area contributed by atoms with Crippen LogP contribution in [0.1, 0.15) is 42.5 Å². The van der Waals surface area contributed by atoms with Crippen LogP contribution in [0, 0.1) is 5.92 Å². The van der Waals surface area contributed by atoms with Gasteiger partial charge in [0.25, 0.3) is 0 Å². The molecule has 0 aromatic heterocycles. The highest BCUT2D eigenvalue weighted by atomic mass is 16.5. The topological polar surface area (TPSA) is 129 Å². The number of ketones is 1. The Balaban J connectivity index is 1.35. The highest BCUT2D eigenvalue weighted by Crippen LogP contribution is 2.29. The van der Waals surface area contributed by atoms with E-state index >= 15 is 0 Å².